The topological polar surface area (TPSA) is 68.1 Å². The van der Waals surface area contributed by atoms with E-state index >= 15 is 0 Å². The predicted molar refractivity (Wildman–Crippen MR) is 74.6 cm³/mol. The van der Waals surface area contributed by atoms with E-state index in [4.69, 9.17) is 4.74 Å². The van der Waals surface area contributed by atoms with E-state index in [0.29, 0.717) is 0 Å². The summed E-state index contributed by atoms with van der Waals surface area (Å²) in [5, 5.41) is 8.44. The molecule has 20 heavy (non-hydrogen) atoms. The Balaban J connectivity index is 2.00. The summed E-state index contributed by atoms with van der Waals surface area (Å²) in [5.41, 5.74) is 3.47. The van der Waals surface area contributed by atoms with Gasteiger partial charge in [-0.25, -0.2) is 4.98 Å². The van der Waals surface area contributed by atoms with Crippen molar-refractivity contribution in [2.24, 2.45) is 0 Å². The van der Waals surface area contributed by atoms with Crippen LogP contribution in [0.3, 0.4) is 0 Å². The molecule has 4 rings (SSSR count). The van der Waals surface area contributed by atoms with Crippen molar-refractivity contribution in [2.45, 2.75) is 0 Å². The third kappa shape index (κ3) is 1.48. The van der Waals surface area contributed by atoms with Crippen molar-refractivity contribution in [1.82, 2.24) is 24.6 Å². The van der Waals surface area contributed by atoms with Crippen LogP contribution in [0.2, 0.25) is 0 Å². The Kier molecular flexibility index (Phi) is 2.23. The second kappa shape index (κ2) is 4.06. The molecule has 3 heterocycles. The van der Waals surface area contributed by atoms with Crippen molar-refractivity contribution in [3.05, 3.63) is 42.7 Å². The number of nitrogens with one attached hydrogen (secondary N) is 1. The number of hydrogen-bond acceptors (Lipinski definition) is 4. The lowest BCUT2D eigenvalue weighted by molar-refractivity contribution is 0.415. The summed E-state index contributed by atoms with van der Waals surface area (Å²) < 4.78 is 7.16. The lowest BCUT2D eigenvalue weighted by Crippen LogP contribution is -1.92. The van der Waals surface area contributed by atoms with Crippen LogP contribution < -0.4 is 4.74 Å². The molecule has 0 aliphatic heterocycles. The molecular formula is C14H11N5O. The summed E-state index contributed by atoms with van der Waals surface area (Å²) in [7, 11) is 1.65. The zero-order valence-corrected chi connectivity index (χ0v) is 10.7. The number of aromatic amines is 1. The van der Waals surface area contributed by atoms with Crippen molar-refractivity contribution < 1.29 is 4.74 Å². The van der Waals surface area contributed by atoms with Gasteiger partial charge >= 0.3 is 0 Å². The Morgan fingerprint density at radius 1 is 1.10 bits per heavy atom. The van der Waals surface area contributed by atoms with Gasteiger partial charge < -0.3 is 9.72 Å². The Labute approximate surface area is 114 Å². The lowest BCUT2D eigenvalue weighted by atomic mass is 10.2. The van der Waals surface area contributed by atoms with Gasteiger partial charge in [-0.15, -0.1) is 10.2 Å². The van der Waals surface area contributed by atoms with Crippen molar-refractivity contribution >= 4 is 16.8 Å². The van der Waals surface area contributed by atoms with E-state index < -0.39 is 0 Å². The van der Waals surface area contributed by atoms with Crippen LogP contribution in [0.4, 0.5) is 0 Å². The largest absolute Gasteiger partial charge is 0.497 e. The number of benzene rings is 1. The molecule has 0 saturated carbocycles. The summed E-state index contributed by atoms with van der Waals surface area (Å²) in [5.74, 6) is 1.60. The molecule has 0 amide bonds. The van der Waals surface area contributed by atoms with E-state index in [9.17, 15) is 0 Å². The summed E-state index contributed by atoms with van der Waals surface area (Å²) >= 11 is 0. The summed E-state index contributed by atoms with van der Waals surface area (Å²) in [6.07, 6.45) is 3.56. The van der Waals surface area contributed by atoms with Gasteiger partial charge in [0.25, 0.3) is 0 Å². The number of ether oxygens (including phenoxy) is 1. The molecule has 1 N–H and O–H groups in total. The quantitative estimate of drug-likeness (QED) is 0.603. The monoisotopic (exact) mass is 265 g/mol. The molecule has 6 heteroatoms. The molecule has 0 bridgehead atoms. The molecule has 6 nitrogen and oxygen atoms in total. The van der Waals surface area contributed by atoms with Crippen molar-refractivity contribution in [3.63, 3.8) is 0 Å². The molecule has 0 spiro atoms. The lowest BCUT2D eigenvalue weighted by Gasteiger charge is -2.03. The first kappa shape index (κ1) is 11.0. The molecule has 0 radical (unpaired) electrons. The number of nitrogens with zero attached hydrogens (tertiary/aromatic N) is 4. The zero-order valence-electron chi connectivity index (χ0n) is 10.7. The molecule has 0 atom stereocenters. The van der Waals surface area contributed by atoms with Crippen LogP contribution in [0.1, 0.15) is 0 Å². The number of methoxy groups -OCH3 is 1. The van der Waals surface area contributed by atoms with Gasteiger partial charge in [0.2, 0.25) is 0 Å². The summed E-state index contributed by atoms with van der Waals surface area (Å²) in [6, 6.07) is 9.71. The fourth-order valence-electron chi connectivity index (χ4n) is 2.30. The van der Waals surface area contributed by atoms with Gasteiger partial charge in [0.05, 0.1) is 18.8 Å². The highest BCUT2D eigenvalue weighted by molar-refractivity contribution is 5.77. The second-order valence-corrected chi connectivity index (χ2v) is 4.42. The average molecular weight is 265 g/mol. The summed E-state index contributed by atoms with van der Waals surface area (Å²) in [6.45, 7) is 0. The van der Waals surface area contributed by atoms with Gasteiger partial charge in [-0.1, -0.05) is 0 Å². The van der Waals surface area contributed by atoms with Gasteiger partial charge in [-0.05, 0) is 30.3 Å². The van der Waals surface area contributed by atoms with Crippen molar-refractivity contribution in [1.29, 1.82) is 0 Å². The van der Waals surface area contributed by atoms with Crippen LogP contribution in [-0.2, 0) is 0 Å². The predicted octanol–water partition coefficient (Wildman–Crippen LogP) is 2.28. The van der Waals surface area contributed by atoms with Gasteiger partial charge in [-0.3, -0.25) is 4.40 Å². The highest BCUT2D eigenvalue weighted by Gasteiger charge is 2.12. The first-order chi connectivity index (χ1) is 9.86. The Morgan fingerprint density at radius 2 is 1.95 bits per heavy atom. The highest BCUT2D eigenvalue weighted by Crippen LogP contribution is 2.23. The minimum absolute atomic E-state index is 0.725. The van der Waals surface area contributed by atoms with Crippen molar-refractivity contribution in [3.8, 4) is 17.1 Å². The number of aromatic nitrogens is 5. The van der Waals surface area contributed by atoms with Gasteiger partial charge in [0.1, 0.15) is 5.75 Å². The molecule has 0 aliphatic carbocycles. The normalized spacial score (nSPS) is 11.2. The van der Waals surface area contributed by atoms with Gasteiger partial charge in [0.15, 0.2) is 17.1 Å². The maximum Gasteiger partial charge on any atom is 0.180 e. The van der Waals surface area contributed by atoms with E-state index in [1.807, 2.05) is 40.9 Å². The highest BCUT2D eigenvalue weighted by atomic mass is 16.5. The number of rotatable bonds is 2. The Bertz CT molecular complexity index is 891. The van der Waals surface area contributed by atoms with E-state index in [1.54, 1.807) is 13.3 Å². The first-order valence-corrected chi connectivity index (χ1v) is 6.18. The van der Waals surface area contributed by atoms with E-state index in [0.717, 1.165) is 33.9 Å². The SMILES string of the molecule is COc1ccc(-c2nnc3cnc4[nH]ccc4n23)cc1. The molecule has 4 aromatic rings. The number of hydrogen-bond donors (Lipinski definition) is 1. The standard InChI is InChI=1S/C14H11N5O/c1-20-10-4-2-9(3-5-10)14-18-17-12-8-16-13-11(19(12)14)6-7-15-13/h2-8,15H,1H3. The molecule has 0 unspecified atom stereocenters. The Morgan fingerprint density at radius 3 is 2.75 bits per heavy atom. The third-order valence-electron chi connectivity index (χ3n) is 3.29. The maximum atomic E-state index is 5.17. The molecule has 1 aromatic carbocycles. The number of fused-ring (bicyclic) bond motifs is 3. The summed E-state index contributed by atoms with van der Waals surface area (Å²) in [4.78, 5) is 7.40. The van der Waals surface area contributed by atoms with Crippen LogP contribution in [0, 0.1) is 0 Å². The van der Waals surface area contributed by atoms with Crippen LogP contribution in [0.15, 0.2) is 42.7 Å². The van der Waals surface area contributed by atoms with Crippen LogP contribution in [0.5, 0.6) is 5.75 Å². The molecule has 0 aliphatic rings. The minimum Gasteiger partial charge on any atom is -0.497 e. The molecular weight excluding hydrogens is 254 g/mol. The van der Waals surface area contributed by atoms with Crippen LogP contribution in [0.25, 0.3) is 28.2 Å². The minimum atomic E-state index is 0.725. The fraction of sp³-hybridized carbons (Fsp3) is 0.0714. The molecule has 98 valence electrons. The van der Waals surface area contributed by atoms with Gasteiger partial charge in [0, 0.05) is 11.8 Å². The zero-order chi connectivity index (χ0) is 13.5. The maximum absolute atomic E-state index is 5.17. The number of H-pyrrole nitrogens is 1. The average Bonchev–Trinajstić information content (AvgIpc) is 3.13. The van der Waals surface area contributed by atoms with E-state index in [-0.39, 0.29) is 0 Å². The van der Waals surface area contributed by atoms with Crippen molar-refractivity contribution in [2.75, 3.05) is 7.11 Å². The van der Waals surface area contributed by atoms with Gasteiger partial charge in [-0.2, -0.15) is 0 Å². The van der Waals surface area contributed by atoms with Crippen LogP contribution in [-0.4, -0.2) is 31.7 Å². The van der Waals surface area contributed by atoms with E-state index in [1.165, 1.54) is 0 Å². The van der Waals surface area contributed by atoms with Crippen LogP contribution >= 0.6 is 0 Å². The Hall–Kier alpha value is -2.89. The van der Waals surface area contributed by atoms with E-state index in [2.05, 4.69) is 20.2 Å². The third-order valence-corrected chi connectivity index (χ3v) is 3.29. The first-order valence-electron chi connectivity index (χ1n) is 6.18. The fourth-order valence-corrected chi connectivity index (χ4v) is 2.30. The molecule has 0 fully saturated rings. The second-order valence-electron chi connectivity index (χ2n) is 4.42. The molecule has 3 aromatic heterocycles. The molecule has 0 saturated heterocycles. The smallest absolute Gasteiger partial charge is 0.180 e.